The highest BCUT2D eigenvalue weighted by Gasteiger charge is 2.22. The molecule has 2 aromatic carbocycles. The minimum atomic E-state index is -3.71. The molecule has 0 fully saturated rings. The largest absolute Gasteiger partial charge is 0.383 e. The Balaban J connectivity index is 2.20. The summed E-state index contributed by atoms with van der Waals surface area (Å²) < 4.78 is 37.0. The van der Waals surface area contributed by atoms with E-state index >= 15 is 0 Å². The molecule has 0 spiro atoms. The van der Waals surface area contributed by atoms with Gasteiger partial charge in [-0.25, -0.2) is 8.42 Å². The van der Waals surface area contributed by atoms with Crippen molar-refractivity contribution < 1.29 is 22.7 Å². The number of benzene rings is 2. The van der Waals surface area contributed by atoms with Crippen molar-refractivity contribution >= 4 is 21.6 Å². The normalized spacial score (nSPS) is 11.2. The van der Waals surface area contributed by atoms with Crippen LogP contribution in [0.5, 0.6) is 0 Å². The average Bonchev–Trinajstić information content (AvgIpc) is 2.73. The van der Waals surface area contributed by atoms with E-state index in [0.717, 1.165) is 0 Å². The van der Waals surface area contributed by atoms with Crippen molar-refractivity contribution in [3.05, 3.63) is 60.2 Å². The van der Waals surface area contributed by atoms with Gasteiger partial charge >= 0.3 is 0 Å². The zero-order chi connectivity index (χ0) is 20.6. The van der Waals surface area contributed by atoms with Gasteiger partial charge in [-0.15, -0.1) is 0 Å². The van der Waals surface area contributed by atoms with Crippen LogP contribution in [-0.4, -0.2) is 66.8 Å². The molecule has 0 atom stereocenters. The molecule has 0 aliphatic heterocycles. The van der Waals surface area contributed by atoms with Crippen molar-refractivity contribution in [3.63, 3.8) is 0 Å². The molecule has 0 radical (unpaired) electrons. The van der Waals surface area contributed by atoms with E-state index in [2.05, 4.69) is 0 Å². The van der Waals surface area contributed by atoms with Gasteiger partial charge in [0.1, 0.15) is 0 Å². The van der Waals surface area contributed by atoms with Crippen LogP contribution in [0, 0.1) is 0 Å². The van der Waals surface area contributed by atoms with Crippen LogP contribution in [-0.2, 0) is 19.5 Å². The molecule has 0 aliphatic carbocycles. The lowest BCUT2D eigenvalue weighted by Crippen LogP contribution is -2.36. The first-order valence-electron chi connectivity index (χ1n) is 8.83. The number of carbonyl (C=O) groups is 1. The maximum atomic E-state index is 12.8. The summed E-state index contributed by atoms with van der Waals surface area (Å²) in [7, 11) is 0.929. The number of anilines is 1. The number of para-hydroxylation sites is 1. The third-order valence-electron chi connectivity index (χ3n) is 4.30. The first kappa shape index (κ1) is 21.9. The van der Waals surface area contributed by atoms with Crippen LogP contribution in [0.4, 0.5) is 5.69 Å². The first-order valence-corrected chi connectivity index (χ1v) is 10.3. The van der Waals surface area contributed by atoms with Gasteiger partial charge in [0.15, 0.2) is 0 Å². The molecule has 28 heavy (non-hydrogen) atoms. The SMILES string of the molecule is COCCN(CCOC)C(=O)c1ccc(S(=O)(=O)N(C)c2ccccc2)cc1. The van der Waals surface area contributed by atoms with Crippen LogP contribution >= 0.6 is 0 Å². The molecule has 0 saturated heterocycles. The van der Waals surface area contributed by atoms with E-state index in [4.69, 9.17) is 9.47 Å². The monoisotopic (exact) mass is 406 g/mol. The van der Waals surface area contributed by atoms with Gasteiger partial charge in [-0.1, -0.05) is 18.2 Å². The Bertz CT molecular complexity index is 846. The van der Waals surface area contributed by atoms with Gasteiger partial charge in [-0.2, -0.15) is 0 Å². The minimum absolute atomic E-state index is 0.121. The second-order valence-corrected chi connectivity index (χ2v) is 8.08. The van der Waals surface area contributed by atoms with E-state index in [1.807, 2.05) is 6.07 Å². The summed E-state index contributed by atoms with van der Waals surface area (Å²) in [5.74, 6) is -0.200. The second-order valence-electron chi connectivity index (χ2n) is 6.11. The van der Waals surface area contributed by atoms with Crippen LogP contribution in [0.2, 0.25) is 0 Å². The maximum Gasteiger partial charge on any atom is 0.264 e. The van der Waals surface area contributed by atoms with Crippen molar-refractivity contribution in [2.24, 2.45) is 0 Å². The highest BCUT2D eigenvalue weighted by molar-refractivity contribution is 7.92. The van der Waals surface area contributed by atoms with E-state index in [-0.39, 0.29) is 10.8 Å². The number of sulfonamides is 1. The summed E-state index contributed by atoms with van der Waals surface area (Å²) in [4.78, 5) is 14.5. The van der Waals surface area contributed by atoms with Gasteiger partial charge in [0.25, 0.3) is 15.9 Å². The molecule has 0 unspecified atom stereocenters. The lowest BCUT2D eigenvalue weighted by Gasteiger charge is -2.22. The number of methoxy groups -OCH3 is 2. The lowest BCUT2D eigenvalue weighted by atomic mass is 10.2. The Kier molecular flexibility index (Phi) is 7.98. The third-order valence-corrected chi connectivity index (χ3v) is 6.10. The maximum absolute atomic E-state index is 12.8. The third kappa shape index (κ3) is 5.31. The number of carbonyl (C=O) groups excluding carboxylic acids is 1. The fourth-order valence-electron chi connectivity index (χ4n) is 2.60. The summed E-state index contributed by atoms with van der Waals surface area (Å²) in [6.45, 7) is 1.67. The molecule has 0 saturated carbocycles. The van der Waals surface area contributed by atoms with Gasteiger partial charge in [-0.05, 0) is 36.4 Å². The van der Waals surface area contributed by atoms with Crippen molar-refractivity contribution in [3.8, 4) is 0 Å². The van der Waals surface area contributed by atoms with Crippen molar-refractivity contribution in [2.75, 3.05) is 51.9 Å². The van der Waals surface area contributed by atoms with E-state index in [1.54, 1.807) is 43.4 Å². The Morgan fingerprint density at radius 1 is 0.893 bits per heavy atom. The van der Waals surface area contributed by atoms with E-state index in [0.29, 0.717) is 37.6 Å². The zero-order valence-corrected chi connectivity index (χ0v) is 17.2. The fourth-order valence-corrected chi connectivity index (χ4v) is 3.80. The average molecular weight is 407 g/mol. The molecule has 0 heterocycles. The molecule has 1 amide bonds. The van der Waals surface area contributed by atoms with Gasteiger partial charge < -0.3 is 14.4 Å². The van der Waals surface area contributed by atoms with Gasteiger partial charge in [0.2, 0.25) is 0 Å². The Morgan fingerprint density at radius 2 is 1.43 bits per heavy atom. The zero-order valence-electron chi connectivity index (χ0n) is 16.4. The minimum Gasteiger partial charge on any atom is -0.383 e. The molecule has 0 aliphatic rings. The summed E-state index contributed by atoms with van der Waals surface area (Å²) in [5, 5.41) is 0. The van der Waals surface area contributed by atoms with Gasteiger partial charge in [0.05, 0.1) is 23.8 Å². The fraction of sp³-hybridized carbons (Fsp3) is 0.350. The predicted octanol–water partition coefficient (Wildman–Crippen LogP) is 2.25. The van der Waals surface area contributed by atoms with Crippen molar-refractivity contribution in [2.45, 2.75) is 4.90 Å². The lowest BCUT2D eigenvalue weighted by molar-refractivity contribution is 0.0627. The molecular weight excluding hydrogens is 380 g/mol. The second kappa shape index (κ2) is 10.2. The van der Waals surface area contributed by atoms with Crippen LogP contribution in [0.1, 0.15) is 10.4 Å². The molecular formula is C20H26N2O5S. The number of amides is 1. The topological polar surface area (TPSA) is 76.1 Å². The Labute approximate surface area is 166 Å². The van der Waals surface area contributed by atoms with Crippen LogP contribution < -0.4 is 4.31 Å². The summed E-state index contributed by atoms with van der Waals surface area (Å²) in [6, 6.07) is 14.8. The number of nitrogens with zero attached hydrogens (tertiary/aromatic N) is 2. The first-order chi connectivity index (χ1) is 13.4. The van der Waals surface area contributed by atoms with E-state index in [9.17, 15) is 13.2 Å². The van der Waals surface area contributed by atoms with E-state index < -0.39 is 10.0 Å². The number of hydrogen-bond donors (Lipinski definition) is 0. The molecule has 2 rings (SSSR count). The van der Waals surface area contributed by atoms with Crippen LogP contribution in [0.25, 0.3) is 0 Å². The molecule has 0 N–H and O–H groups in total. The van der Waals surface area contributed by atoms with Gasteiger partial charge in [-0.3, -0.25) is 9.10 Å². The van der Waals surface area contributed by atoms with Crippen molar-refractivity contribution in [1.29, 1.82) is 0 Å². The predicted molar refractivity (Wildman–Crippen MR) is 108 cm³/mol. The van der Waals surface area contributed by atoms with Crippen LogP contribution in [0.15, 0.2) is 59.5 Å². The highest BCUT2D eigenvalue weighted by Crippen LogP contribution is 2.22. The molecule has 0 bridgehead atoms. The standard InChI is InChI=1S/C20H26N2O5S/c1-21(18-7-5-4-6-8-18)28(24,25)19-11-9-17(10-12-19)20(23)22(13-15-26-2)14-16-27-3/h4-12H,13-16H2,1-3H3. The van der Waals surface area contributed by atoms with Crippen molar-refractivity contribution in [1.82, 2.24) is 4.90 Å². The molecule has 8 heteroatoms. The summed E-state index contributed by atoms with van der Waals surface area (Å²) in [5.41, 5.74) is 0.974. The van der Waals surface area contributed by atoms with Gasteiger partial charge in [0, 0.05) is 39.9 Å². The molecule has 7 nitrogen and oxygen atoms in total. The molecule has 152 valence electrons. The smallest absolute Gasteiger partial charge is 0.264 e. The Morgan fingerprint density at radius 3 is 1.93 bits per heavy atom. The molecule has 0 aromatic heterocycles. The van der Waals surface area contributed by atoms with E-state index in [1.165, 1.54) is 35.6 Å². The summed E-state index contributed by atoms with van der Waals surface area (Å²) >= 11 is 0. The molecule has 2 aromatic rings. The highest BCUT2D eigenvalue weighted by atomic mass is 32.2. The quantitative estimate of drug-likeness (QED) is 0.605. The Hall–Kier alpha value is -2.42. The number of rotatable bonds is 10. The number of ether oxygens (including phenoxy) is 2. The summed E-state index contributed by atoms with van der Waals surface area (Å²) in [6.07, 6.45) is 0. The number of hydrogen-bond acceptors (Lipinski definition) is 5. The van der Waals surface area contributed by atoms with Crippen LogP contribution in [0.3, 0.4) is 0 Å².